The molecule has 0 unspecified atom stereocenters. The van der Waals surface area contributed by atoms with Crippen LogP contribution < -0.4 is 0 Å². The molecule has 0 N–H and O–H groups in total. The van der Waals surface area contributed by atoms with Gasteiger partial charge in [-0.1, -0.05) is 11.7 Å². The van der Waals surface area contributed by atoms with E-state index in [2.05, 4.69) is 16.6 Å². The van der Waals surface area contributed by atoms with Gasteiger partial charge in [0.25, 0.3) is 0 Å². The summed E-state index contributed by atoms with van der Waals surface area (Å²) in [7, 11) is 0. The molecule has 0 atom stereocenters. The molecule has 0 aliphatic heterocycles. The monoisotopic (exact) mass is 317 g/mol. The van der Waals surface area contributed by atoms with Gasteiger partial charge in [0.15, 0.2) is 23.3 Å². The number of carbonyl (C=O) groups excluding carboxylic acids is 1. The lowest BCUT2D eigenvalue weighted by Gasteiger charge is -2.09. The molecule has 0 spiro atoms. The molecule has 0 fully saturated rings. The van der Waals surface area contributed by atoms with Crippen LogP contribution in [0.25, 0.3) is 10.4 Å². The normalized spacial score (nSPS) is 10.0. The zero-order valence-corrected chi connectivity index (χ0v) is 11.5. The fourth-order valence-electron chi connectivity index (χ4n) is 1.55. The summed E-state index contributed by atoms with van der Waals surface area (Å²) in [6, 6.07) is 0. The van der Waals surface area contributed by atoms with Crippen molar-refractivity contribution in [3.8, 4) is 0 Å². The molecular weight excluding hydrogens is 306 g/mol. The second kappa shape index (κ2) is 7.46. The lowest BCUT2D eigenvalue weighted by molar-refractivity contribution is -0.139. The Morgan fingerprint density at radius 1 is 1.23 bits per heavy atom. The molecular formula is C13H11F4N3O2. The van der Waals surface area contributed by atoms with Gasteiger partial charge >= 0.3 is 5.97 Å². The van der Waals surface area contributed by atoms with E-state index < -0.39 is 46.9 Å². The van der Waals surface area contributed by atoms with E-state index in [0.717, 1.165) is 0 Å². The molecule has 118 valence electrons. The van der Waals surface area contributed by atoms with Crippen LogP contribution in [0.1, 0.15) is 18.9 Å². The molecule has 1 rings (SSSR count). The zero-order chi connectivity index (χ0) is 16.9. The molecule has 5 nitrogen and oxygen atoms in total. The van der Waals surface area contributed by atoms with Crippen molar-refractivity contribution in [1.29, 1.82) is 0 Å². The minimum absolute atomic E-state index is 0.0629. The Morgan fingerprint density at radius 2 is 1.77 bits per heavy atom. The standard InChI is InChI=1S/C13H11F4N3O2/c1-6(2)13(21)22-5-3-4-7-8(14)10(16)12(19-20-18)11(17)9(7)15/h1,3-5H2,2H3. The first-order valence-electron chi connectivity index (χ1n) is 6.03. The predicted molar refractivity (Wildman–Crippen MR) is 69.2 cm³/mol. The molecule has 0 aliphatic carbocycles. The lowest BCUT2D eigenvalue weighted by atomic mass is 10.1. The van der Waals surface area contributed by atoms with Crippen LogP contribution in [0.3, 0.4) is 0 Å². The third kappa shape index (κ3) is 3.76. The molecule has 1 aromatic carbocycles. The second-order valence-electron chi connectivity index (χ2n) is 4.29. The predicted octanol–water partition coefficient (Wildman–Crippen LogP) is 4.24. The average molecular weight is 317 g/mol. The molecule has 1 aromatic rings. The minimum Gasteiger partial charge on any atom is -0.462 e. The number of benzene rings is 1. The van der Waals surface area contributed by atoms with Crippen LogP contribution in [0.2, 0.25) is 0 Å². The van der Waals surface area contributed by atoms with Gasteiger partial charge in [0.2, 0.25) is 0 Å². The first kappa shape index (κ1) is 17.5. The molecule has 0 heterocycles. The summed E-state index contributed by atoms with van der Waals surface area (Å²) in [5.74, 6) is -7.52. The van der Waals surface area contributed by atoms with Gasteiger partial charge in [0, 0.05) is 16.0 Å². The summed E-state index contributed by atoms with van der Waals surface area (Å²) < 4.78 is 59.0. The van der Waals surface area contributed by atoms with Crippen molar-refractivity contribution in [3.05, 3.63) is 51.4 Å². The highest BCUT2D eigenvalue weighted by Gasteiger charge is 2.24. The molecule has 9 heteroatoms. The van der Waals surface area contributed by atoms with Gasteiger partial charge in [-0.05, 0) is 25.3 Å². The Morgan fingerprint density at radius 3 is 2.23 bits per heavy atom. The smallest absolute Gasteiger partial charge is 0.333 e. The van der Waals surface area contributed by atoms with E-state index in [0.29, 0.717) is 0 Å². The van der Waals surface area contributed by atoms with E-state index in [9.17, 15) is 22.4 Å². The van der Waals surface area contributed by atoms with E-state index in [-0.39, 0.29) is 18.6 Å². The number of nitrogens with zero attached hydrogens (tertiary/aromatic N) is 3. The lowest BCUT2D eigenvalue weighted by Crippen LogP contribution is -2.09. The summed E-state index contributed by atoms with van der Waals surface area (Å²) in [6.07, 6.45) is -0.474. The molecule has 0 aromatic heterocycles. The van der Waals surface area contributed by atoms with Crippen LogP contribution in [0, 0.1) is 23.3 Å². The average Bonchev–Trinajstić information content (AvgIpc) is 2.48. The third-order valence-corrected chi connectivity index (χ3v) is 2.63. The van der Waals surface area contributed by atoms with Gasteiger partial charge in [0.05, 0.1) is 6.61 Å². The fraction of sp³-hybridized carbons (Fsp3) is 0.308. The van der Waals surface area contributed by atoms with Crippen molar-refractivity contribution in [3.63, 3.8) is 0 Å². The highest BCUT2D eigenvalue weighted by Crippen LogP contribution is 2.31. The minimum atomic E-state index is -1.77. The number of hydrogen-bond donors (Lipinski definition) is 0. The van der Waals surface area contributed by atoms with E-state index in [4.69, 9.17) is 10.3 Å². The van der Waals surface area contributed by atoms with Crippen LogP contribution in [0.4, 0.5) is 23.2 Å². The Hall–Kier alpha value is -2.54. The van der Waals surface area contributed by atoms with Crippen LogP contribution in [0.15, 0.2) is 17.3 Å². The fourth-order valence-corrected chi connectivity index (χ4v) is 1.55. The summed E-state index contributed by atoms with van der Waals surface area (Å²) in [4.78, 5) is 13.2. The van der Waals surface area contributed by atoms with Crippen molar-refractivity contribution in [2.45, 2.75) is 19.8 Å². The molecule has 0 saturated heterocycles. The third-order valence-electron chi connectivity index (χ3n) is 2.63. The summed E-state index contributed by atoms with van der Waals surface area (Å²) in [5.41, 5.74) is 6.05. The van der Waals surface area contributed by atoms with E-state index >= 15 is 0 Å². The maximum atomic E-state index is 13.7. The Balaban J connectivity index is 2.91. The quantitative estimate of drug-likeness (QED) is 0.115. The first-order valence-corrected chi connectivity index (χ1v) is 6.03. The molecule has 22 heavy (non-hydrogen) atoms. The van der Waals surface area contributed by atoms with Gasteiger partial charge in [-0.2, -0.15) is 0 Å². The van der Waals surface area contributed by atoms with Gasteiger partial charge < -0.3 is 4.74 Å². The van der Waals surface area contributed by atoms with Crippen LogP contribution in [-0.4, -0.2) is 12.6 Å². The van der Waals surface area contributed by atoms with Crippen LogP contribution >= 0.6 is 0 Å². The Kier molecular flexibility index (Phi) is 5.94. The topological polar surface area (TPSA) is 75.1 Å². The van der Waals surface area contributed by atoms with E-state index in [1.807, 2.05) is 0 Å². The van der Waals surface area contributed by atoms with Gasteiger partial charge in [-0.25, -0.2) is 22.4 Å². The van der Waals surface area contributed by atoms with Gasteiger partial charge in [0.1, 0.15) is 5.69 Å². The number of rotatable bonds is 6. The molecule has 0 saturated carbocycles. The highest BCUT2D eigenvalue weighted by molar-refractivity contribution is 5.86. The van der Waals surface area contributed by atoms with Crippen molar-refractivity contribution in [2.75, 3.05) is 6.61 Å². The van der Waals surface area contributed by atoms with Crippen molar-refractivity contribution in [1.82, 2.24) is 0 Å². The Labute approximate surface area is 122 Å². The molecule has 0 amide bonds. The van der Waals surface area contributed by atoms with E-state index in [1.54, 1.807) is 0 Å². The number of halogens is 4. The van der Waals surface area contributed by atoms with Gasteiger partial charge in [-0.15, -0.1) is 0 Å². The zero-order valence-electron chi connectivity index (χ0n) is 11.5. The molecule has 0 bridgehead atoms. The SMILES string of the molecule is C=C(C)C(=O)OCCCc1c(F)c(F)c(N=[N+]=[N-])c(F)c1F. The van der Waals surface area contributed by atoms with E-state index in [1.165, 1.54) is 6.92 Å². The summed E-state index contributed by atoms with van der Waals surface area (Å²) in [6.45, 7) is 4.55. The summed E-state index contributed by atoms with van der Waals surface area (Å²) in [5, 5.41) is 2.58. The highest BCUT2D eigenvalue weighted by atomic mass is 19.2. The van der Waals surface area contributed by atoms with Crippen molar-refractivity contribution < 1.29 is 27.1 Å². The number of azide groups is 1. The number of ether oxygens (including phenoxy) is 1. The largest absolute Gasteiger partial charge is 0.462 e. The number of hydrogen-bond acceptors (Lipinski definition) is 3. The van der Waals surface area contributed by atoms with Crippen LogP contribution in [-0.2, 0) is 16.0 Å². The van der Waals surface area contributed by atoms with Crippen molar-refractivity contribution in [2.24, 2.45) is 5.11 Å². The van der Waals surface area contributed by atoms with Crippen molar-refractivity contribution >= 4 is 11.7 Å². The maximum absolute atomic E-state index is 13.7. The first-order chi connectivity index (χ1) is 10.3. The number of carbonyl (C=O) groups is 1. The van der Waals surface area contributed by atoms with Gasteiger partial charge in [-0.3, -0.25) is 0 Å². The molecule has 0 aliphatic rings. The molecule has 0 radical (unpaired) electrons. The van der Waals surface area contributed by atoms with Crippen LogP contribution in [0.5, 0.6) is 0 Å². The number of esters is 1. The summed E-state index contributed by atoms with van der Waals surface area (Å²) >= 11 is 0. The Bertz CT molecular complexity index is 641. The second-order valence-corrected chi connectivity index (χ2v) is 4.29. The maximum Gasteiger partial charge on any atom is 0.333 e.